The number of nitrogens with zero attached hydrogens (tertiary/aromatic N) is 6. The lowest BCUT2D eigenvalue weighted by Crippen LogP contribution is -2.44. The molecule has 0 unspecified atom stereocenters. The fraction of sp³-hybridized carbons (Fsp3) is 0.500. The van der Waals surface area contributed by atoms with Gasteiger partial charge in [0, 0.05) is 37.4 Å². The van der Waals surface area contributed by atoms with Crippen LogP contribution in [0.4, 0.5) is 4.39 Å². The van der Waals surface area contributed by atoms with Crippen LogP contribution in [0.15, 0.2) is 40.2 Å². The molecule has 1 saturated heterocycles. The summed E-state index contributed by atoms with van der Waals surface area (Å²) in [6, 6.07) is 4.21. The van der Waals surface area contributed by atoms with Gasteiger partial charge in [-0.15, -0.1) is 4.80 Å². The van der Waals surface area contributed by atoms with Crippen molar-refractivity contribution in [2.45, 2.75) is 51.9 Å². The summed E-state index contributed by atoms with van der Waals surface area (Å²) in [6.07, 6.45) is 3.03. The second-order valence-corrected chi connectivity index (χ2v) is 11.3. The highest BCUT2D eigenvalue weighted by Gasteiger charge is 2.32. The molecule has 0 aliphatic carbocycles. The van der Waals surface area contributed by atoms with Gasteiger partial charge in [0.25, 0.3) is 5.56 Å². The van der Waals surface area contributed by atoms with Crippen LogP contribution < -0.4 is 16.0 Å². The van der Waals surface area contributed by atoms with Gasteiger partial charge in [-0.3, -0.25) is 18.8 Å². The highest BCUT2D eigenvalue weighted by Crippen LogP contribution is 2.34. The summed E-state index contributed by atoms with van der Waals surface area (Å²) < 4.78 is 34.3. The van der Waals surface area contributed by atoms with Gasteiger partial charge in [-0.1, -0.05) is 11.3 Å². The maximum Gasteiger partial charge on any atom is 0.332 e. The monoisotopic (exact) mass is 586 g/mol. The molecule has 0 amide bonds. The average molecular weight is 587 g/mol. The quantitative estimate of drug-likeness (QED) is 0.247. The van der Waals surface area contributed by atoms with Crippen molar-refractivity contribution in [3.8, 4) is 10.8 Å². The molecule has 220 valence electrons. The van der Waals surface area contributed by atoms with Crippen LogP contribution in [0.3, 0.4) is 0 Å². The molecule has 1 aliphatic heterocycles. The van der Waals surface area contributed by atoms with Gasteiger partial charge < -0.3 is 14.2 Å². The van der Waals surface area contributed by atoms with Crippen molar-refractivity contribution in [2.24, 2.45) is 0 Å². The predicted molar refractivity (Wildman–Crippen MR) is 154 cm³/mol. The number of aryl methyl sites for hydroxylation is 1. The first-order valence-corrected chi connectivity index (χ1v) is 14.4. The Morgan fingerprint density at radius 2 is 1.90 bits per heavy atom. The predicted octanol–water partition coefficient (Wildman–Crippen LogP) is 3.32. The Labute approximate surface area is 240 Å². The maximum atomic E-state index is 14.5. The Hall–Kier alpha value is -3.39. The number of benzene rings is 1. The Balaban J connectivity index is 1.71. The summed E-state index contributed by atoms with van der Waals surface area (Å²) in [5.41, 5.74) is 0.377. The highest BCUT2D eigenvalue weighted by atomic mass is 32.1. The molecule has 13 heteroatoms. The zero-order valence-corrected chi connectivity index (χ0v) is 24.7. The van der Waals surface area contributed by atoms with E-state index < -0.39 is 17.6 Å². The molecule has 0 spiro atoms. The van der Waals surface area contributed by atoms with Crippen LogP contribution in [0.25, 0.3) is 15.2 Å². The molecule has 1 aliphatic rings. The van der Waals surface area contributed by atoms with Gasteiger partial charge >= 0.3 is 5.69 Å². The van der Waals surface area contributed by atoms with Crippen molar-refractivity contribution in [3.05, 3.63) is 68.4 Å². The van der Waals surface area contributed by atoms with Crippen LogP contribution >= 0.6 is 11.3 Å². The Bertz CT molecular complexity index is 1630. The number of aromatic nitrogens is 5. The van der Waals surface area contributed by atoms with Crippen molar-refractivity contribution >= 4 is 21.6 Å². The number of methoxy groups -OCH3 is 2. The lowest BCUT2D eigenvalue weighted by molar-refractivity contribution is 0.00637. The fourth-order valence-electron chi connectivity index (χ4n) is 5.43. The van der Waals surface area contributed by atoms with E-state index in [0.29, 0.717) is 57.7 Å². The third-order valence-electron chi connectivity index (χ3n) is 7.60. The van der Waals surface area contributed by atoms with Gasteiger partial charge in [0.15, 0.2) is 0 Å². The van der Waals surface area contributed by atoms with Crippen LogP contribution in [0.1, 0.15) is 43.5 Å². The first-order valence-electron chi connectivity index (χ1n) is 13.6. The minimum absolute atomic E-state index is 0.0195. The number of likely N-dealkylation sites (tertiary alicyclic amines) is 1. The first kappa shape index (κ1) is 29.1. The minimum atomic E-state index is -0.771. The lowest BCUT2D eigenvalue weighted by Gasteiger charge is -2.24. The number of hydrogen-bond donors (Lipinski definition) is 0. The molecule has 0 bridgehead atoms. The van der Waals surface area contributed by atoms with Gasteiger partial charge in [-0.05, 0) is 45.4 Å². The van der Waals surface area contributed by atoms with Crippen molar-refractivity contribution in [1.29, 1.82) is 0 Å². The lowest BCUT2D eigenvalue weighted by atomic mass is 10.1. The molecule has 1 fully saturated rings. The third kappa shape index (κ3) is 5.59. The fourth-order valence-corrected chi connectivity index (χ4v) is 6.65. The summed E-state index contributed by atoms with van der Waals surface area (Å²) in [5.74, 6) is -0.0269. The zero-order chi connectivity index (χ0) is 29.3. The summed E-state index contributed by atoms with van der Waals surface area (Å²) in [5, 5.41) is 9.60. The molecule has 4 aromatic rings. The van der Waals surface area contributed by atoms with Gasteiger partial charge in [0.2, 0.25) is 0 Å². The molecule has 0 radical (unpaired) electrons. The van der Waals surface area contributed by atoms with E-state index in [1.165, 1.54) is 46.0 Å². The highest BCUT2D eigenvalue weighted by molar-refractivity contribution is 7.21. The van der Waals surface area contributed by atoms with E-state index in [9.17, 15) is 14.0 Å². The molecule has 4 heterocycles. The number of ether oxygens (including phenoxy) is 3. The van der Waals surface area contributed by atoms with Crippen molar-refractivity contribution in [2.75, 3.05) is 40.5 Å². The summed E-state index contributed by atoms with van der Waals surface area (Å²) in [4.78, 5) is 32.5. The van der Waals surface area contributed by atoms with Gasteiger partial charge in [-0.2, -0.15) is 10.2 Å². The van der Waals surface area contributed by atoms with E-state index in [4.69, 9.17) is 14.2 Å². The van der Waals surface area contributed by atoms with E-state index in [-0.39, 0.29) is 24.8 Å². The standard InChI is InChI=1S/C28H35FN6O5S/c1-17(2)32-11-8-20(15-32)34-25(36)24-18(3)26(35-30-9-10-31-35)41-27(24)33(28(34)37)16-23(40-13-12-38-4)21-14-19(29)6-7-22(21)39-5/h6-7,9-10,14,17,20,23H,8,11-13,15-16H2,1-5H3/t20-,23+/m1/s1. The van der Waals surface area contributed by atoms with E-state index in [0.717, 1.165) is 6.54 Å². The number of rotatable bonds is 11. The SMILES string of the molecule is COCCO[C@@H](Cn1c(=O)n([C@@H]2CCN(C(C)C)C2)c(=O)c2c(C)c(-n3nccn3)sc21)c1cc(F)ccc1OC. The smallest absolute Gasteiger partial charge is 0.332 e. The summed E-state index contributed by atoms with van der Waals surface area (Å²) in [7, 11) is 3.06. The molecular weight excluding hydrogens is 551 g/mol. The molecule has 11 nitrogen and oxygen atoms in total. The maximum absolute atomic E-state index is 14.5. The van der Waals surface area contributed by atoms with Crippen LogP contribution in [0, 0.1) is 12.7 Å². The molecule has 0 N–H and O–H groups in total. The van der Waals surface area contributed by atoms with E-state index in [1.807, 2.05) is 6.92 Å². The van der Waals surface area contributed by atoms with Crippen molar-refractivity contribution in [3.63, 3.8) is 0 Å². The van der Waals surface area contributed by atoms with E-state index >= 15 is 0 Å². The number of fused-ring (bicyclic) bond motifs is 1. The van der Waals surface area contributed by atoms with Crippen molar-refractivity contribution in [1.82, 2.24) is 29.0 Å². The molecule has 0 saturated carbocycles. The van der Waals surface area contributed by atoms with Crippen LogP contribution in [-0.4, -0.2) is 75.6 Å². The first-order chi connectivity index (χ1) is 19.7. The van der Waals surface area contributed by atoms with E-state index in [1.54, 1.807) is 24.1 Å². The second-order valence-electron chi connectivity index (χ2n) is 10.4. The Morgan fingerprint density at radius 3 is 2.56 bits per heavy atom. The molecule has 2 atom stereocenters. The topological polar surface area (TPSA) is 106 Å². The molecule has 3 aromatic heterocycles. The van der Waals surface area contributed by atoms with Gasteiger partial charge in [0.05, 0.1) is 50.7 Å². The minimum Gasteiger partial charge on any atom is -0.496 e. The number of thiophene rings is 1. The second kappa shape index (κ2) is 12.2. The average Bonchev–Trinajstić information content (AvgIpc) is 3.71. The zero-order valence-electron chi connectivity index (χ0n) is 23.9. The normalized spacial score (nSPS) is 16.7. The Kier molecular flexibility index (Phi) is 8.68. The molecular formula is C28H35FN6O5S. The summed E-state index contributed by atoms with van der Waals surface area (Å²) >= 11 is 1.26. The van der Waals surface area contributed by atoms with E-state index in [2.05, 4.69) is 28.9 Å². The molecule has 5 rings (SSSR count). The van der Waals surface area contributed by atoms with Crippen LogP contribution in [0.5, 0.6) is 5.75 Å². The summed E-state index contributed by atoms with van der Waals surface area (Å²) in [6.45, 7) is 7.97. The van der Waals surface area contributed by atoms with Gasteiger partial charge in [0.1, 0.15) is 27.5 Å². The van der Waals surface area contributed by atoms with Crippen molar-refractivity contribution < 1.29 is 18.6 Å². The molecule has 1 aromatic carbocycles. The number of halogens is 1. The number of hydrogen-bond acceptors (Lipinski definition) is 9. The van der Waals surface area contributed by atoms with Crippen LogP contribution in [0.2, 0.25) is 0 Å². The molecule has 41 heavy (non-hydrogen) atoms. The Morgan fingerprint density at radius 1 is 1.15 bits per heavy atom. The largest absolute Gasteiger partial charge is 0.496 e. The van der Waals surface area contributed by atoms with Crippen LogP contribution in [-0.2, 0) is 16.0 Å². The van der Waals surface area contributed by atoms with Gasteiger partial charge in [-0.25, -0.2) is 9.18 Å². The third-order valence-corrected chi connectivity index (χ3v) is 8.88.